The van der Waals surface area contributed by atoms with Gasteiger partial charge in [-0.15, -0.1) is 0 Å². The van der Waals surface area contributed by atoms with Gasteiger partial charge in [-0.25, -0.2) is 9.59 Å². The number of carbonyl (C=O) groups excluding carboxylic acids is 3. The molecule has 9 heteroatoms. The summed E-state index contributed by atoms with van der Waals surface area (Å²) >= 11 is 0. The maximum Gasteiger partial charge on any atom is 0.411 e. The molecule has 0 aliphatic carbocycles. The van der Waals surface area contributed by atoms with Crippen LogP contribution < -0.4 is 0 Å². The molecule has 3 amide bonds. The molecule has 30 heavy (non-hydrogen) atoms. The molecule has 0 bridgehead atoms. The number of amides is 3. The molecule has 0 saturated carbocycles. The third kappa shape index (κ3) is 4.84. The van der Waals surface area contributed by atoms with Gasteiger partial charge in [0.05, 0.1) is 25.2 Å². The first kappa shape index (κ1) is 21.9. The predicted octanol–water partition coefficient (Wildman–Crippen LogP) is 1.45. The minimum Gasteiger partial charge on any atom is -0.445 e. The maximum absolute atomic E-state index is 12.8. The number of ether oxygens (including phenoxy) is 2. The summed E-state index contributed by atoms with van der Waals surface area (Å²) in [7, 11) is 0. The van der Waals surface area contributed by atoms with Crippen molar-refractivity contribution in [1.82, 2.24) is 14.7 Å². The Morgan fingerprint density at radius 1 is 1.10 bits per heavy atom. The molecule has 0 atom stereocenters. The highest BCUT2D eigenvalue weighted by molar-refractivity contribution is 5.85. The van der Waals surface area contributed by atoms with Gasteiger partial charge in [-0.1, -0.05) is 30.3 Å². The number of piperazine rings is 1. The second kappa shape index (κ2) is 8.51. The summed E-state index contributed by atoms with van der Waals surface area (Å²) in [4.78, 5) is 42.1. The number of nitrogens with zero attached hydrogens (tertiary/aromatic N) is 3. The standard InChI is InChI=1S/C21H29N3O6/c1-20(2,3)30-18(27)23-14-21(15-23)13-22(9-10-25)17(26)11-24(21)19(28)29-12-16-7-5-4-6-8-16/h4-8,25H,9-15H2,1-3H3. The van der Waals surface area contributed by atoms with Crippen LogP contribution in [0.25, 0.3) is 0 Å². The lowest BCUT2D eigenvalue weighted by molar-refractivity contribution is -0.151. The smallest absolute Gasteiger partial charge is 0.411 e. The summed E-state index contributed by atoms with van der Waals surface area (Å²) < 4.78 is 10.9. The zero-order chi connectivity index (χ0) is 21.9. The van der Waals surface area contributed by atoms with Gasteiger partial charge in [0.1, 0.15) is 18.8 Å². The van der Waals surface area contributed by atoms with Gasteiger partial charge in [0, 0.05) is 13.1 Å². The van der Waals surface area contributed by atoms with E-state index in [0.29, 0.717) is 0 Å². The van der Waals surface area contributed by atoms with Gasteiger partial charge in [0.15, 0.2) is 0 Å². The Labute approximate surface area is 176 Å². The molecule has 0 unspecified atom stereocenters. The minimum atomic E-state index is -0.756. The quantitative estimate of drug-likeness (QED) is 0.793. The van der Waals surface area contributed by atoms with Crippen LogP contribution in [0.2, 0.25) is 0 Å². The van der Waals surface area contributed by atoms with Crippen molar-refractivity contribution in [2.75, 3.05) is 39.3 Å². The summed E-state index contributed by atoms with van der Waals surface area (Å²) in [5.41, 5.74) is -0.540. The number of likely N-dealkylation sites (tertiary alicyclic amines) is 1. The van der Waals surface area contributed by atoms with Gasteiger partial charge in [-0.2, -0.15) is 0 Å². The van der Waals surface area contributed by atoms with Crippen LogP contribution >= 0.6 is 0 Å². The third-order valence-corrected chi connectivity index (χ3v) is 5.12. The SMILES string of the molecule is CC(C)(C)OC(=O)N1CC2(CN(CCO)C(=O)CN2C(=O)OCc2ccccc2)C1. The second-order valence-electron chi connectivity index (χ2n) is 8.73. The van der Waals surface area contributed by atoms with Gasteiger partial charge < -0.3 is 24.4 Å². The lowest BCUT2D eigenvalue weighted by Gasteiger charge is -2.58. The van der Waals surface area contributed by atoms with Gasteiger partial charge in [0.2, 0.25) is 5.91 Å². The topological polar surface area (TPSA) is 99.6 Å². The van der Waals surface area contributed by atoms with Crippen molar-refractivity contribution in [3.05, 3.63) is 35.9 Å². The van der Waals surface area contributed by atoms with E-state index in [1.54, 1.807) is 20.8 Å². The van der Waals surface area contributed by atoms with Crippen molar-refractivity contribution in [3.63, 3.8) is 0 Å². The normalized spacial score (nSPS) is 18.3. The van der Waals surface area contributed by atoms with Crippen LogP contribution in [0, 0.1) is 0 Å². The fraction of sp³-hybridized carbons (Fsp3) is 0.571. The van der Waals surface area contributed by atoms with Crippen LogP contribution in [-0.4, -0.2) is 88.4 Å². The molecular formula is C21H29N3O6. The van der Waals surface area contributed by atoms with Gasteiger partial charge in [0.25, 0.3) is 0 Å². The molecule has 1 aromatic carbocycles. The van der Waals surface area contributed by atoms with Crippen LogP contribution in [0.15, 0.2) is 30.3 Å². The van der Waals surface area contributed by atoms with Crippen molar-refractivity contribution >= 4 is 18.1 Å². The first-order valence-corrected chi connectivity index (χ1v) is 9.98. The largest absolute Gasteiger partial charge is 0.445 e. The van der Waals surface area contributed by atoms with Crippen molar-refractivity contribution in [1.29, 1.82) is 0 Å². The van der Waals surface area contributed by atoms with E-state index >= 15 is 0 Å². The number of aliphatic hydroxyl groups is 1. The Morgan fingerprint density at radius 3 is 2.37 bits per heavy atom. The molecular weight excluding hydrogens is 390 g/mol. The van der Waals surface area contributed by atoms with Crippen LogP contribution in [0.4, 0.5) is 9.59 Å². The van der Waals surface area contributed by atoms with Gasteiger partial charge in [-0.3, -0.25) is 9.69 Å². The number of β-amino-alcohol motifs (C(OH)–C–C–N with tert-alkyl or cyclic N) is 1. The van der Waals surface area contributed by atoms with E-state index in [4.69, 9.17) is 9.47 Å². The van der Waals surface area contributed by atoms with Crippen molar-refractivity contribution in [2.45, 2.75) is 38.5 Å². The number of rotatable bonds is 4. The molecule has 2 aliphatic rings. The molecule has 3 rings (SSSR count). The molecule has 1 spiro atoms. The zero-order valence-corrected chi connectivity index (χ0v) is 17.7. The van der Waals surface area contributed by atoms with E-state index in [1.807, 2.05) is 30.3 Å². The highest BCUT2D eigenvalue weighted by atomic mass is 16.6. The maximum atomic E-state index is 12.8. The average Bonchev–Trinajstić information content (AvgIpc) is 2.65. The monoisotopic (exact) mass is 419 g/mol. The van der Waals surface area contributed by atoms with E-state index in [9.17, 15) is 19.5 Å². The first-order chi connectivity index (χ1) is 14.1. The summed E-state index contributed by atoms with van der Waals surface area (Å²) in [6, 6.07) is 9.28. The molecule has 1 N–H and O–H groups in total. The summed E-state index contributed by atoms with van der Waals surface area (Å²) in [6.45, 7) is 6.01. The van der Waals surface area contributed by atoms with Crippen molar-refractivity contribution < 1.29 is 29.0 Å². The number of carbonyl (C=O) groups is 3. The molecule has 1 aromatic rings. The Kier molecular flexibility index (Phi) is 6.21. The van der Waals surface area contributed by atoms with Crippen molar-refractivity contribution in [3.8, 4) is 0 Å². The third-order valence-electron chi connectivity index (χ3n) is 5.12. The molecule has 2 heterocycles. The minimum absolute atomic E-state index is 0.0938. The molecule has 0 aromatic heterocycles. The summed E-state index contributed by atoms with van der Waals surface area (Å²) in [5.74, 6) is -0.262. The van der Waals surface area contributed by atoms with E-state index in [1.165, 1.54) is 14.7 Å². The van der Waals surface area contributed by atoms with Crippen LogP contribution in [0.1, 0.15) is 26.3 Å². The summed E-state index contributed by atoms with van der Waals surface area (Å²) in [5, 5.41) is 9.27. The van der Waals surface area contributed by atoms with Crippen LogP contribution in [0.5, 0.6) is 0 Å². The number of hydrogen-bond acceptors (Lipinski definition) is 6. The Hall–Kier alpha value is -2.81. The molecule has 9 nitrogen and oxygen atoms in total. The highest BCUT2D eigenvalue weighted by Crippen LogP contribution is 2.34. The molecule has 0 radical (unpaired) electrons. The summed E-state index contributed by atoms with van der Waals surface area (Å²) in [6.07, 6.45) is -1.06. The van der Waals surface area contributed by atoms with Crippen LogP contribution in [-0.2, 0) is 20.9 Å². The van der Waals surface area contributed by atoms with Crippen LogP contribution in [0.3, 0.4) is 0 Å². The second-order valence-corrected chi connectivity index (χ2v) is 8.73. The zero-order valence-electron chi connectivity index (χ0n) is 17.7. The van der Waals surface area contributed by atoms with E-state index < -0.39 is 23.3 Å². The fourth-order valence-electron chi connectivity index (χ4n) is 3.70. The number of hydrogen-bond donors (Lipinski definition) is 1. The van der Waals surface area contributed by atoms with E-state index in [2.05, 4.69) is 0 Å². The molecule has 2 fully saturated rings. The lowest BCUT2D eigenvalue weighted by atomic mass is 9.85. The first-order valence-electron chi connectivity index (χ1n) is 9.98. The lowest BCUT2D eigenvalue weighted by Crippen LogP contribution is -2.79. The number of aliphatic hydroxyl groups excluding tert-OH is 1. The molecule has 2 aliphatic heterocycles. The fourth-order valence-corrected chi connectivity index (χ4v) is 3.70. The van der Waals surface area contributed by atoms with E-state index in [-0.39, 0.29) is 51.8 Å². The Balaban J connectivity index is 1.70. The molecule has 2 saturated heterocycles. The Morgan fingerprint density at radius 2 is 1.77 bits per heavy atom. The average molecular weight is 419 g/mol. The van der Waals surface area contributed by atoms with Crippen molar-refractivity contribution in [2.24, 2.45) is 0 Å². The predicted molar refractivity (Wildman–Crippen MR) is 108 cm³/mol. The van der Waals surface area contributed by atoms with Gasteiger partial charge >= 0.3 is 12.2 Å². The number of benzene rings is 1. The Bertz CT molecular complexity index is 786. The van der Waals surface area contributed by atoms with E-state index in [0.717, 1.165) is 5.56 Å². The van der Waals surface area contributed by atoms with Gasteiger partial charge in [-0.05, 0) is 26.3 Å². The molecule has 164 valence electrons. The highest BCUT2D eigenvalue weighted by Gasteiger charge is 2.56.